The van der Waals surface area contributed by atoms with Gasteiger partial charge in [-0.1, -0.05) is 24.3 Å². The van der Waals surface area contributed by atoms with Crippen LogP contribution in [0.2, 0.25) is 0 Å². The zero-order chi connectivity index (χ0) is 18.4. The molecule has 0 fully saturated rings. The summed E-state index contributed by atoms with van der Waals surface area (Å²) in [6.07, 6.45) is 0. The van der Waals surface area contributed by atoms with Gasteiger partial charge in [-0.3, -0.25) is 4.79 Å². The molecule has 134 valence electrons. The Morgan fingerprint density at radius 1 is 1.08 bits per heavy atom. The van der Waals surface area contributed by atoms with Crippen LogP contribution in [0.25, 0.3) is 0 Å². The van der Waals surface area contributed by atoms with Gasteiger partial charge < -0.3 is 14.8 Å². The number of methoxy groups -OCH3 is 2. The first kappa shape index (κ1) is 18.9. The Bertz CT molecular complexity index is 848. The number of hydrogen-bond acceptors (Lipinski definition) is 5. The van der Waals surface area contributed by atoms with E-state index in [0.29, 0.717) is 6.61 Å². The summed E-state index contributed by atoms with van der Waals surface area (Å²) >= 11 is 0. The molecule has 2 aromatic rings. The Morgan fingerprint density at radius 3 is 2.28 bits per heavy atom. The van der Waals surface area contributed by atoms with Crippen molar-refractivity contribution in [2.24, 2.45) is 5.14 Å². The molecule has 0 aliphatic rings. The number of ether oxygens (including phenoxy) is 2. The molecule has 0 aliphatic carbocycles. The lowest BCUT2D eigenvalue weighted by Crippen LogP contribution is -2.24. The maximum absolute atomic E-state index is 12.4. The number of nitrogens with one attached hydrogen (secondary N) is 1. The average Bonchev–Trinajstić information content (AvgIpc) is 2.59. The second kappa shape index (κ2) is 8.11. The van der Waals surface area contributed by atoms with Crippen LogP contribution in [0, 0.1) is 0 Å². The summed E-state index contributed by atoms with van der Waals surface area (Å²) in [6, 6.07) is 11.5. The van der Waals surface area contributed by atoms with E-state index in [9.17, 15) is 13.2 Å². The van der Waals surface area contributed by atoms with E-state index in [2.05, 4.69) is 5.32 Å². The molecule has 25 heavy (non-hydrogen) atoms. The number of carbonyl (C=O) groups excluding carboxylic acids is 1. The predicted octanol–water partition coefficient (Wildman–Crippen LogP) is 1.42. The Kier molecular flexibility index (Phi) is 6.13. The fourth-order valence-corrected chi connectivity index (χ4v) is 2.78. The van der Waals surface area contributed by atoms with Crippen LogP contribution in [-0.4, -0.2) is 28.5 Å². The van der Waals surface area contributed by atoms with E-state index in [1.807, 2.05) is 24.3 Å². The van der Waals surface area contributed by atoms with Gasteiger partial charge in [0, 0.05) is 13.7 Å². The summed E-state index contributed by atoms with van der Waals surface area (Å²) < 4.78 is 33.1. The SMILES string of the molecule is COCc1ccc(CNC(=O)c2cc(S(N)(=O)=O)ccc2OC)cc1. The summed E-state index contributed by atoms with van der Waals surface area (Å²) in [7, 11) is -0.886. The highest BCUT2D eigenvalue weighted by Crippen LogP contribution is 2.22. The van der Waals surface area contributed by atoms with Crippen molar-refractivity contribution < 1.29 is 22.7 Å². The van der Waals surface area contributed by atoms with Crippen molar-refractivity contribution >= 4 is 15.9 Å². The van der Waals surface area contributed by atoms with Gasteiger partial charge in [0.25, 0.3) is 5.91 Å². The topological polar surface area (TPSA) is 108 Å². The van der Waals surface area contributed by atoms with Gasteiger partial charge in [-0.15, -0.1) is 0 Å². The number of sulfonamides is 1. The van der Waals surface area contributed by atoms with Gasteiger partial charge in [0.1, 0.15) is 5.75 Å². The molecule has 7 nitrogen and oxygen atoms in total. The van der Waals surface area contributed by atoms with E-state index < -0.39 is 15.9 Å². The van der Waals surface area contributed by atoms with Gasteiger partial charge in [0.2, 0.25) is 10.0 Å². The lowest BCUT2D eigenvalue weighted by Gasteiger charge is -2.11. The molecule has 0 aliphatic heterocycles. The van der Waals surface area contributed by atoms with E-state index in [1.165, 1.54) is 25.3 Å². The summed E-state index contributed by atoms with van der Waals surface area (Å²) in [5.41, 5.74) is 2.03. The van der Waals surface area contributed by atoms with Crippen molar-refractivity contribution in [1.82, 2.24) is 5.32 Å². The van der Waals surface area contributed by atoms with Crippen LogP contribution in [0.3, 0.4) is 0 Å². The van der Waals surface area contributed by atoms with Gasteiger partial charge in [-0.2, -0.15) is 0 Å². The molecule has 8 heteroatoms. The van der Waals surface area contributed by atoms with Crippen molar-refractivity contribution in [3.63, 3.8) is 0 Å². The highest BCUT2D eigenvalue weighted by atomic mass is 32.2. The number of hydrogen-bond donors (Lipinski definition) is 2. The van der Waals surface area contributed by atoms with Crippen molar-refractivity contribution in [2.45, 2.75) is 18.0 Å². The number of benzene rings is 2. The fourth-order valence-electron chi connectivity index (χ4n) is 2.24. The molecular weight excluding hydrogens is 344 g/mol. The third kappa shape index (κ3) is 5.02. The third-order valence-electron chi connectivity index (χ3n) is 3.53. The van der Waals surface area contributed by atoms with Crippen LogP contribution in [0.1, 0.15) is 21.5 Å². The molecule has 0 aromatic heterocycles. The third-order valence-corrected chi connectivity index (χ3v) is 4.44. The van der Waals surface area contributed by atoms with Crippen LogP contribution >= 0.6 is 0 Å². The minimum Gasteiger partial charge on any atom is -0.496 e. The molecule has 0 bridgehead atoms. The number of carbonyl (C=O) groups is 1. The summed E-state index contributed by atoms with van der Waals surface area (Å²) in [4.78, 5) is 12.2. The van der Waals surface area contributed by atoms with Crippen LogP contribution in [-0.2, 0) is 27.9 Å². The molecule has 0 saturated heterocycles. The molecule has 1 amide bonds. The largest absolute Gasteiger partial charge is 0.496 e. The molecule has 0 radical (unpaired) electrons. The van der Waals surface area contributed by atoms with Gasteiger partial charge in [-0.25, -0.2) is 13.6 Å². The van der Waals surface area contributed by atoms with Crippen LogP contribution in [0.4, 0.5) is 0 Å². The monoisotopic (exact) mass is 364 g/mol. The molecule has 0 saturated carbocycles. The van der Waals surface area contributed by atoms with E-state index in [0.717, 1.165) is 11.1 Å². The maximum atomic E-state index is 12.4. The lowest BCUT2D eigenvalue weighted by molar-refractivity contribution is 0.0947. The predicted molar refractivity (Wildman–Crippen MR) is 92.7 cm³/mol. The quantitative estimate of drug-likeness (QED) is 0.772. The molecule has 2 rings (SSSR count). The molecule has 0 atom stereocenters. The average molecular weight is 364 g/mol. The smallest absolute Gasteiger partial charge is 0.255 e. The fraction of sp³-hybridized carbons (Fsp3) is 0.235. The van der Waals surface area contributed by atoms with Crippen molar-refractivity contribution in [3.8, 4) is 5.75 Å². The van der Waals surface area contributed by atoms with Crippen molar-refractivity contribution in [1.29, 1.82) is 0 Å². The van der Waals surface area contributed by atoms with Gasteiger partial charge >= 0.3 is 0 Å². The zero-order valence-electron chi connectivity index (χ0n) is 14.0. The van der Waals surface area contributed by atoms with Crippen molar-refractivity contribution in [3.05, 3.63) is 59.2 Å². The zero-order valence-corrected chi connectivity index (χ0v) is 14.8. The van der Waals surface area contributed by atoms with E-state index >= 15 is 0 Å². The molecule has 2 aromatic carbocycles. The van der Waals surface area contributed by atoms with Crippen molar-refractivity contribution in [2.75, 3.05) is 14.2 Å². The molecular formula is C17H20N2O5S. The van der Waals surface area contributed by atoms with Gasteiger partial charge in [-0.05, 0) is 29.3 Å². The summed E-state index contributed by atoms with van der Waals surface area (Å²) in [5, 5.41) is 7.84. The Balaban J connectivity index is 2.14. The normalized spacial score (nSPS) is 11.2. The Morgan fingerprint density at radius 2 is 1.72 bits per heavy atom. The van der Waals surface area contributed by atoms with Crippen LogP contribution < -0.4 is 15.2 Å². The van der Waals surface area contributed by atoms with Gasteiger partial charge in [0.05, 0.1) is 24.2 Å². The minimum absolute atomic E-state index is 0.102. The van der Waals surface area contributed by atoms with Crippen LogP contribution in [0.15, 0.2) is 47.4 Å². The minimum atomic E-state index is -3.91. The number of primary sulfonamides is 1. The van der Waals surface area contributed by atoms with Crippen LogP contribution in [0.5, 0.6) is 5.75 Å². The van der Waals surface area contributed by atoms with E-state index in [-0.39, 0.29) is 22.8 Å². The highest BCUT2D eigenvalue weighted by molar-refractivity contribution is 7.89. The molecule has 0 heterocycles. The number of rotatable bonds is 7. The Hall–Kier alpha value is -2.42. The number of amides is 1. The standard InChI is InChI=1S/C17H20N2O5S/c1-23-11-13-5-3-12(4-6-13)10-19-17(20)15-9-14(25(18,21)22)7-8-16(15)24-2/h3-9H,10-11H2,1-2H3,(H,19,20)(H2,18,21,22). The van der Waals surface area contributed by atoms with Gasteiger partial charge in [0.15, 0.2) is 0 Å². The molecule has 3 N–H and O–H groups in total. The second-order valence-corrected chi connectivity index (χ2v) is 6.90. The first-order chi connectivity index (χ1) is 11.8. The van der Waals surface area contributed by atoms with E-state index in [1.54, 1.807) is 7.11 Å². The first-order valence-corrected chi connectivity index (χ1v) is 8.95. The Labute approximate surface area is 146 Å². The second-order valence-electron chi connectivity index (χ2n) is 5.34. The summed E-state index contributed by atoms with van der Waals surface area (Å²) in [6.45, 7) is 0.805. The maximum Gasteiger partial charge on any atom is 0.255 e. The summed E-state index contributed by atoms with van der Waals surface area (Å²) in [5.74, 6) is -0.191. The van der Waals surface area contributed by atoms with E-state index in [4.69, 9.17) is 14.6 Å². The first-order valence-electron chi connectivity index (χ1n) is 7.41. The lowest BCUT2D eigenvalue weighted by atomic mass is 10.1. The molecule has 0 unspecified atom stereocenters. The highest BCUT2D eigenvalue weighted by Gasteiger charge is 2.17. The number of nitrogens with two attached hydrogens (primary N) is 1. The molecule has 0 spiro atoms.